The smallest absolute Gasteiger partial charge is 0.0740 e. The molecule has 3 nitrogen and oxygen atoms in total. The van der Waals surface area contributed by atoms with Crippen molar-refractivity contribution in [3.8, 4) is 0 Å². The number of nitrogens with zero attached hydrogens (tertiary/aromatic N) is 1. The van der Waals surface area contributed by atoms with E-state index in [0.29, 0.717) is 4.99 Å². The maximum atomic E-state index is 5.45. The van der Waals surface area contributed by atoms with Gasteiger partial charge in [0.1, 0.15) is 0 Å². The van der Waals surface area contributed by atoms with Crippen LogP contribution in [-0.4, -0.2) is 43.2 Å². The first-order valence-electron chi connectivity index (χ1n) is 5.21. The second-order valence-corrected chi connectivity index (χ2v) is 4.01. The zero-order chi connectivity index (χ0) is 10.8. The number of ether oxygens (including phenoxy) is 1. The van der Waals surface area contributed by atoms with Gasteiger partial charge in [-0.25, -0.2) is 0 Å². The fraction of sp³-hybridized carbons (Fsp3) is 0.900. The number of nitrogens with two attached hydrogens (primary N) is 1. The molecule has 0 aromatic rings. The van der Waals surface area contributed by atoms with E-state index in [9.17, 15) is 0 Å². The molecule has 0 aliphatic carbocycles. The average Bonchev–Trinajstić information content (AvgIpc) is 2.14. The zero-order valence-corrected chi connectivity index (χ0v) is 10.1. The molecule has 0 rings (SSSR count). The summed E-state index contributed by atoms with van der Waals surface area (Å²) in [5.41, 5.74) is 5.41. The summed E-state index contributed by atoms with van der Waals surface area (Å²) in [7, 11) is 2.06. The monoisotopic (exact) mass is 218 g/mol. The second-order valence-electron chi connectivity index (χ2n) is 3.49. The Hall–Kier alpha value is -0.190. The highest BCUT2D eigenvalue weighted by atomic mass is 32.1. The molecule has 0 heterocycles. The zero-order valence-electron chi connectivity index (χ0n) is 9.29. The van der Waals surface area contributed by atoms with Crippen molar-refractivity contribution in [1.29, 1.82) is 0 Å². The average molecular weight is 218 g/mol. The number of hydrogen-bond donors (Lipinski definition) is 1. The van der Waals surface area contributed by atoms with Crippen molar-refractivity contribution in [3.63, 3.8) is 0 Å². The van der Waals surface area contributed by atoms with Gasteiger partial charge in [0, 0.05) is 26.1 Å². The molecule has 0 aromatic carbocycles. The molecule has 0 spiro atoms. The van der Waals surface area contributed by atoms with E-state index in [2.05, 4.69) is 18.9 Å². The van der Waals surface area contributed by atoms with Crippen LogP contribution in [0.15, 0.2) is 0 Å². The predicted molar refractivity (Wildman–Crippen MR) is 64.6 cm³/mol. The maximum absolute atomic E-state index is 5.45. The van der Waals surface area contributed by atoms with Crippen LogP contribution in [0.2, 0.25) is 0 Å². The Morgan fingerprint density at radius 1 is 1.36 bits per heavy atom. The molecule has 0 saturated carbocycles. The quantitative estimate of drug-likeness (QED) is 0.469. The molecule has 0 aromatic heterocycles. The van der Waals surface area contributed by atoms with Gasteiger partial charge in [0.2, 0.25) is 0 Å². The highest BCUT2D eigenvalue weighted by molar-refractivity contribution is 7.80. The van der Waals surface area contributed by atoms with Crippen LogP contribution in [0.5, 0.6) is 0 Å². The predicted octanol–water partition coefficient (Wildman–Crippen LogP) is 1.41. The molecule has 0 fully saturated rings. The third-order valence-electron chi connectivity index (χ3n) is 2.00. The topological polar surface area (TPSA) is 38.5 Å². The standard InChI is InChI=1S/C10H22N2OS/c1-3-4-8-13-9-7-12(2)6-5-10(11)14/h3-9H2,1-2H3,(H2,11,14). The molecular weight excluding hydrogens is 196 g/mol. The van der Waals surface area contributed by atoms with Gasteiger partial charge in [0.25, 0.3) is 0 Å². The Balaban J connectivity index is 3.18. The van der Waals surface area contributed by atoms with Crippen LogP contribution < -0.4 is 5.73 Å². The molecule has 4 heteroatoms. The van der Waals surface area contributed by atoms with E-state index in [4.69, 9.17) is 22.7 Å². The van der Waals surface area contributed by atoms with Gasteiger partial charge < -0.3 is 15.4 Å². The number of hydrogen-bond acceptors (Lipinski definition) is 3. The fourth-order valence-electron chi connectivity index (χ4n) is 0.982. The highest BCUT2D eigenvalue weighted by Crippen LogP contribution is 1.91. The molecule has 0 atom stereocenters. The Morgan fingerprint density at radius 2 is 2.07 bits per heavy atom. The lowest BCUT2D eigenvalue weighted by Crippen LogP contribution is -2.27. The third kappa shape index (κ3) is 9.89. The molecule has 84 valence electrons. The van der Waals surface area contributed by atoms with Crippen LogP contribution >= 0.6 is 12.2 Å². The van der Waals surface area contributed by atoms with E-state index in [1.807, 2.05) is 0 Å². The molecule has 0 saturated heterocycles. The van der Waals surface area contributed by atoms with Crippen molar-refractivity contribution < 1.29 is 4.74 Å². The molecule has 0 amide bonds. The summed E-state index contributed by atoms with van der Waals surface area (Å²) in [4.78, 5) is 2.77. The van der Waals surface area contributed by atoms with Crippen LogP contribution in [0.4, 0.5) is 0 Å². The molecule has 0 aliphatic rings. The van der Waals surface area contributed by atoms with E-state index in [0.717, 1.165) is 39.1 Å². The fourth-order valence-corrected chi connectivity index (χ4v) is 1.07. The molecule has 0 aliphatic heterocycles. The lowest BCUT2D eigenvalue weighted by molar-refractivity contribution is 0.110. The Bertz CT molecular complexity index is 153. The Kier molecular flexibility index (Phi) is 9.24. The lowest BCUT2D eigenvalue weighted by Gasteiger charge is -2.15. The van der Waals surface area contributed by atoms with Gasteiger partial charge in [0.05, 0.1) is 11.6 Å². The normalized spacial score (nSPS) is 10.8. The number of thiocarbonyl (C=S) groups is 1. The lowest BCUT2D eigenvalue weighted by atomic mass is 10.4. The SMILES string of the molecule is CCCCOCCN(C)CCC(N)=S. The van der Waals surface area contributed by atoms with Crippen LogP contribution in [0.3, 0.4) is 0 Å². The Labute approximate surface area is 92.6 Å². The van der Waals surface area contributed by atoms with Crippen LogP contribution in [0.1, 0.15) is 26.2 Å². The number of unbranched alkanes of at least 4 members (excludes halogenated alkanes) is 1. The van der Waals surface area contributed by atoms with Gasteiger partial charge in [-0.05, 0) is 13.5 Å². The number of likely N-dealkylation sites (N-methyl/N-ethyl adjacent to an activating group) is 1. The van der Waals surface area contributed by atoms with Gasteiger partial charge in [-0.1, -0.05) is 25.6 Å². The minimum atomic E-state index is 0.587. The largest absolute Gasteiger partial charge is 0.393 e. The summed E-state index contributed by atoms with van der Waals surface area (Å²) < 4.78 is 5.45. The van der Waals surface area contributed by atoms with Crippen LogP contribution in [0.25, 0.3) is 0 Å². The summed E-state index contributed by atoms with van der Waals surface area (Å²) in [6, 6.07) is 0. The van der Waals surface area contributed by atoms with Crippen molar-refractivity contribution in [2.75, 3.05) is 33.4 Å². The van der Waals surface area contributed by atoms with Gasteiger partial charge in [-0.15, -0.1) is 0 Å². The molecule has 14 heavy (non-hydrogen) atoms. The van der Waals surface area contributed by atoms with Gasteiger partial charge in [-0.3, -0.25) is 0 Å². The number of rotatable bonds is 9. The first kappa shape index (κ1) is 13.8. The van der Waals surface area contributed by atoms with Crippen molar-refractivity contribution in [2.45, 2.75) is 26.2 Å². The highest BCUT2D eigenvalue weighted by Gasteiger charge is 1.98. The van der Waals surface area contributed by atoms with Crippen molar-refractivity contribution in [2.24, 2.45) is 5.73 Å². The minimum absolute atomic E-state index is 0.587. The maximum Gasteiger partial charge on any atom is 0.0740 e. The summed E-state index contributed by atoms with van der Waals surface area (Å²) >= 11 is 4.80. The first-order valence-corrected chi connectivity index (χ1v) is 5.62. The summed E-state index contributed by atoms with van der Waals surface area (Å²) in [6.07, 6.45) is 3.13. The van der Waals surface area contributed by atoms with E-state index in [1.165, 1.54) is 6.42 Å². The van der Waals surface area contributed by atoms with Crippen molar-refractivity contribution in [3.05, 3.63) is 0 Å². The summed E-state index contributed by atoms with van der Waals surface area (Å²) in [5, 5.41) is 0. The molecule has 2 N–H and O–H groups in total. The van der Waals surface area contributed by atoms with E-state index in [-0.39, 0.29) is 0 Å². The molecule has 0 unspecified atom stereocenters. The summed E-state index contributed by atoms with van der Waals surface area (Å²) in [5.74, 6) is 0. The molecule has 0 bridgehead atoms. The van der Waals surface area contributed by atoms with Gasteiger partial charge in [-0.2, -0.15) is 0 Å². The molecular formula is C10H22N2OS. The van der Waals surface area contributed by atoms with E-state index < -0.39 is 0 Å². The minimum Gasteiger partial charge on any atom is -0.393 e. The Morgan fingerprint density at radius 3 is 2.64 bits per heavy atom. The van der Waals surface area contributed by atoms with Crippen LogP contribution in [-0.2, 0) is 4.74 Å². The van der Waals surface area contributed by atoms with E-state index >= 15 is 0 Å². The van der Waals surface area contributed by atoms with Gasteiger partial charge in [0.15, 0.2) is 0 Å². The third-order valence-corrected chi connectivity index (χ3v) is 2.20. The molecule has 0 radical (unpaired) electrons. The van der Waals surface area contributed by atoms with E-state index in [1.54, 1.807) is 0 Å². The van der Waals surface area contributed by atoms with Gasteiger partial charge >= 0.3 is 0 Å². The van der Waals surface area contributed by atoms with Crippen LogP contribution in [0, 0.1) is 0 Å². The van der Waals surface area contributed by atoms with Crippen molar-refractivity contribution in [1.82, 2.24) is 4.90 Å². The second kappa shape index (κ2) is 9.37. The first-order chi connectivity index (χ1) is 6.66. The van der Waals surface area contributed by atoms with Crippen molar-refractivity contribution >= 4 is 17.2 Å². The summed E-state index contributed by atoms with van der Waals surface area (Å²) in [6.45, 7) is 5.71.